The maximum Gasteiger partial charge on any atom is 0.122 e. The highest BCUT2D eigenvalue weighted by Crippen LogP contribution is 2.34. The molecule has 3 atom stereocenters. The van der Waals surface area contributed by atoms with Gasteiger partial charge in [0, 0.05) is 37.6 Å². The first-order valence-electron chi connectivity index (χ1n) is 8.34. The maximum absolute atomic E-state index is 5.81. The maximum atomic E-state index is 5.81. The number of nitrogens with zero attached hydrogens (tertiary/aromatic N) is 1. The van der Waals surface area contributed by atoms with Gasteiger partial charge >= 0.3 is 0 Å². The van der Waals surface area contributed by atoms with Crippen molar-refractivity contribution in [1.82, 2.24) is 10.2 Å². The van der Waals surface area contributed by atoms with Crippen molar-refractivity contribution in [1.29, 1.82) is 0 Å². The zero-order valence-electron chi connectivity index (χ0n) is 13.5. The van der Waals surface area contributed by atoms with E-state index in [1.165, 1.54) is 5.56 Å². The van der Waals surface area contributed by atoms with Gasteiger partial charge in [0.25, 0.3) is 0 Å². The molecule has 0 spiro atoms. The van der Waals surface area contributed by atoms with Crippen LogP contribution in [0.5, 0.6) is 5.75 Å². The molecule has 0 radical (unpaired) electrons. The van der Waals surface area contributed by atoms with Crippen molar-refractivity contribution in [2.75, 3.05) is 26.2 Å². The minimum Gasteiger partial charge on any atom is -0.493 e. The van der Waals surface area contributed by atoms with Gasteiger partial charge in [-0.2, -0.15) is 0 Å². The second kappa shape index (κ2) is 6.37. The van der Waals surface area contributed by atoms with Crippen molar-refractivity contribution < 1.29 is 4.74 Å². The molecule has 3 unspecified atom stereocenters. The molecule has 2 aliphatic heterocycles. The van der Waals surface area contributed by atoms with E-state index in [1.54, 1.807) is 0 Å². The molecule has 0 aliphatic carbocycles. The first-order chi connectivity index (χ1) is 10.1. The third kappa shape index (κ3) is 3.24. The average Bonchev–Trinajstić information content (AvgIpc) is 2.47. The van der Waals surface area contributed by atoms with Gasteiger partial charge in [-0.3, -0.25) is 4.90 Å². The third-order valence-electron chi connectivity index (χ3n) is 4.96. The predicted octanol–water partition coefficient (Wildman–Crippen LogP) is 2.87. The fourth-order valence-corrected chi connectivity index (χ4v) is 3.76. The topological polar surface area (TPSA) is 24.5 Å². The minimum atomic E-state index is 0.593. The second-order valence-corrected chi connectivity index (χ2v) is 6.95. The Labute approximate surface area is 128 Å². The summed E-state index contributed by atoms with van der Waals surface area (Å²) < 4.78 is 5.81. The molecular formula is C18H28N2O. The van der Waals surface area contributed by atoms with Gasteiger partial charge in [-0.05, 0) is 30.9 Å². The van der Waals surface area contributed by atoms with Crippen molar-refractivity contribution in [3.63, 3.8) is 0 Å². The van der Waals surface area contributed by atoms with Crippen molar-refractivity contribution in [2.24, 2.45) is 5.92 Å². The number of fused-ring (bicyclic) bond motifs is 1. The summed E-state index contributed by atoms with van der Waals surface area (Å²) in [5, 5.41) is 3.63. The van der Waals surface area contributed by atoms with E-state index >= 15 is 0 Å². The molecule has 2 heterocycles. The number of nitrogens with one attached hydrogen (secondary N) is 1. The van der Waals surface area contributed by atoms with E-state index in [1.807, 2.05) is 0 Å². The molecule has 3 heteroatoms. The van der Waals surface area contributed by atoms with Crippen LogP contribution in [0.1, 0.15) is 38.7 Å². The normalized spacial score (nSPS) is 30.0. The SMILES string of the molecule is CC1CN(CC2CCOc3ccccc32)C(C(C)C)CN1. The van der Waals surface area contributed by atoms with E-state index in [2.05, 4.69) is 55.3 Å². The van der Waals surface area contributed by atoms with Gasteiger partial charge in [-0.25, -0.2) is 0 Å². The lowest BCUT2D eigenvalue weighted by Crippen LogP contribution is -2.58. The van der Waals surface area contributed by atoms with E-state index < -0.39 is 0 Å². The summed E-state index contributed by atoms with van der Waals surface area (Å²) in [5.41, 5.74) is 1.40. The van der Waals surface area contributed by atoms with Crippen molar-refractivity contribution in [3.05, 3.63) is 29.8 Å². The second-order valence-electron chi connectivity index (χ2n) is 6.95. The molecule has 0 amide bonds. The zero-order valence-corrected chi connectivity index (χ0v) is 13.5. The summed E-state index contributed by atoms with van der Waals surface area (Å²) >= 11 is 0. The van der Waals surface area contributed by atoms with E-state index in [0.29, 0.717) is 23.9 Å². The molecule has 21 heavy (non-hydrogen) atoms. The van der Waals surface area contributed by atoms with Crippen LogP contribution in [0, 0.1) is 5.92 Å². The quantitative estimate of drug-likeness (QED) is 0.925. The van der Waals surface area contributed by atoms with Crippen molar-refractivity contribution >= 4 is 0 Å². The van der Waals surface area contributed by atoms with Crippen molar-refractivity contribution in [3.8, 4) is 5.75 Å². The Morgan fingerprint density at radius 2 is 2.14 bits per heavy atom. The lowest BCUT2D eigenvalue weighted by Gasteiger charge is -2.43. The van der Waals surface area contributed by atoms with Crippen LogP contribution in [0.4, 0.5) is 0 Å². The highest BCUT2D eigenvalue weighted by Gasteiger charge is 2.31. The van der Waals surface area contributed by atoms with Crippen LogP contribution in [-0.2, 0) is 0 Å². The summed E-state index contributed by atoms with van der Waals surface area (Å²) in [6, 6.07) is 9.81. The average molecular weight is 288 g/mol. The number of rotatable bonds is 3. The first-order valence-corrected chi connectivity index (χ1v) is 8.34. The molecule has 116 valence electrons. The van der Waals surface area contributed by atoms with Crippen LogP contribution >= 0.6 is 0 Å². The summed E-state index contributed by atoms with van der Waals surface area (Å²) in [6.07, 6.45) is 1.14. The van der Waals surface area contributed by atoms with Crippen LogP contribution in [-0.4, -0.2) is 43.2 Å². The molecule has 0 bridgehead atoms. The van der Waals surface area contributed by atoms with Crippen LogP contribution in [0.2, 0.25) is 0 Å². The Kier molecular flexibility index (Phi) is 4.51. The smallest absolute Gasteiger partial charge is 0.122 e. The number of benzene rings is 1. The summed E-state index contributed by atoms with van der Waals surface area (Å²) in [7, 11) is 0. The number of piperazine rings is 1. The Balaban J connectivity index is 1.76. The van der Waals surface area contributed by atoms with Gasteiger partial charge in [0.2, 0.25) is 0 Å². The van der Waals surface area contributed by atoms with Crippen LogP contribution in [0.25, 0.3) is 0 Å². The van der Waals surface area contributed by atoms with Gasteiger partial charge in [0.1, 0.15) is 5.75 Å². The van der Waals surface area contributed by atoms with E-state index in [0.717, 1.165) is 38.4 Å². The molecule has 2 aliphatic rings. The summed E-state index contributed by atoms with van der Waals surface area (Å²) in [4.78, 5) is 2.71. The van der Waals surface area contributed by atoms with Gasteiger partial charge in [0.05, 0.1) is 6.61 Å². The molecule has 1 fully saturated rings. The molecule has 1 aromatic rings. The Hall–Kier alpha value is -1.06. The van der Waals surface area contributed by atoms with Crippen LogP contribution < -0.4 is 10.1 Å². The number of hydrogen-bond donors (Lipinski definition) is 1. The van der Waals surface area contributed by atoms with Crippen LogP contribution in [0.15, 0.2) is 24.3 Å². The number of ether oxygens (including phenoxy) is 1. The molecule has 0 aromatic heterocycles. The van der Waals surface area contributed by atoms with Gasteiger partial charge in [0.15, 0.2) is 0 Å². The van der Waals surface area contributed by atoms with E-state index in [4.69, 9.17) is 4.74 Å². The lowest BCUT2D eigenvalue weighted by molar-refractivity contribution is 0.0893. The molecule has 1 N–H and O–H groups in total. The standard InChI is InChI=1S/C18H28N2O/c1-13(2)17-10-19-14(3)11-20(17)12-15-8-9-21-18-7-5-4-6-16(15)18/h4-7,13-15,17,19H,8-12H2,1-3H3. The Morgan fingerprint density at radius 3 is 2.95 bits per heavy atom. The van der Waals surface area contributed by atoms with E-state index in [9.17, 15) is 0 Å². The number of para-hydroxylation sites is 1. The highest BCUT2D eigenvalue weighted by molar-refractivity contribution is 5.38. The van der Waals surface area contributed by atoms with Gasteiger partial charge in [-0.1, -0.05) is 32.0 Å². The first kappa shape index (κ1) is 14.9. The number of hydrogen-bond acceptors (Lipinski definition) is 3. The highest BCUT2D eigenvalue weighted by atomic mass is 16.5. The Bertz CT molecular complexity index is 474. The molecule has 1 saturated heterocycles. The van der Waals surface area contributed by atoms with Gasteiger partial charge < -0.3 is 10.1 Å². The van der Waals surface area contributed by atoms with Gasteiger partial charge in [-0.15, -0.1) is 0 Å². The summed E-state index contributed by atoms with van der Waals surface area (Å²) in [6.45, 7) is 11.3. The predicted molar refractivity (Wildman–Crippen MR) is 87.0 cm³/mol. The Morgan fingerprint density at radius 1 is 1.33 bits per heavy atom. The lowest BCUT2D eigenvalue weighted by atomic mass is 9.90. The van der Waals surface area contributed by atoms with Crippen LogP contribution in [0.3, 0.4) is 0 Å². The molecule has 0 saturated carbocycles. The minimum absolute atomic E-state index is 0.593. The molecular weight excluding hydrogens is 260 g/mol. The molecule has 1 aromatic carbocycles. The largest absolute Gasteiger partial charge is 0.493 e. The van der Waals surface area contributed by atoms with Crippen molar-refractivity contribution in [2.45, 2.75) is 45.2 Å². The van der Waals surface area contributed by atoms with E-state index in [-0.39, 0.29) is 0 Å². The summed E-state index contributed by atoms with van der Waals surface area (Å²) in [5.74, 6) is 2.40. The molecule has 3 rings (SSSR count). The molecule has 3 nitrogen and oxygen atoms in total. The fourth-order valence-electron chi connectivity index (χ4n) is 3.76. The monoisotopic (exact) mass is 288 g/mol. The third-order valence-corrected chi connectivity index (χ3v) is 4.96. The zero-order chi connectivity index (χ0) is 14.8. The fraction of sp³-hybridized carbons (Fsp3) is 0.667.